The Hall–Kier alpha value is -3.00. The van der Waals surface area contributed by atoms with E-state index in [9.17, 15) is 9.59 Å². The van der Waals surface area contributed by atoms with Crippen molar-refractivity contribution >= 4 is 39.9 Å². The van der Waals surface area contributed by atoms with Gasteiger partial charge in [0.25, 0.3) is 11.1 Å². The molecule has 2 aliphatic rings. The van der Waals surface area contributed by atoms with Crippen LogP contribution in [0.25, 0.3) is 28.1 Å². The van der Waals surface area contributed by atoms with Crippen LogP contribution in [0, 0.1) is 0 Å². The molecule has 2 saturated heterocycles. The Morgan fingerprint density at radius 1 is 1.03 bits per heavy atom. The van der Waals surface area contributed by atoms with Crippen molar-refractivity contribution in [3.63, 3.8) is 0 Å². The SMILES string of the molecule is CCN1CCN(Cc2cccc(-c3ccnc4ccc(C=C5SC(=O)NC5=O)cc34)c2)CC1. The van der Waals surface area contributed by atoms with Crippen LogP contribution in [0.15, 0.2) is 59.6 Å². The van der Waals surface area contributed by atoms with Crippen LogP contribution in [0.1, 0.15) is 18.1 Å². The Bertz CT molecular complexity index is 1250. The molecule has 1 N–H and O–H groups in total. The van der Waals surface area contributed by atoms with Crippen LogP contribution >= 0.6 is 11.8 Å². The van der Waals surface area contributed by atoms with Gasteiger partial charge in [-0.05, 0) is 70.9 Å². The minimum atomic E-state index is -0.344. The number of nitrogens with one attached hydrogen (secondary N) is 1. The number of piperazine rings is 1. The molecule has 33 heavy (non-hydrogen) atoms. The Morgan fingerprint density at radius 3 is 2.61 bits per heavy atom. The molecule has 0 spiro atoms. The third-order valence-corrected chi connectivity index (χ3v) is 7.07. The third-order valence-electron chi connectivity index (χ3n) is 6.26. The van der Waals surface area contributed by atoms with Gasteiger partial charge in [0.15, 0.2) is 0 Å². The highest BCUT2D eigenvalue weighted by atomic mass is 32.2. The number of likely N-dealkylation sites (N-methyl/N-ethyl adjacent to an activating group) is 1. The Balaban J connectivity index is 1.44. The fourth-order valence-corrected chi connectivity index (χ4v) is 5.12. The lowest BCUT2D eigenvalue weighted by atomic mass is 9.98. The van der Waals surface area contributed by atoms with Crippen molar-refractivity contribution in [2.75, 3.05) is 32.7 Å². The van der Waals surface area contributed by atoms with Gasteiger partial charge in [-0.3, -0.25) is 24.8 Å². The van der Waals surface area contributed by atoms with Crippen LogP contribution in [0.3, 0.4) is 0 Å². The number of carbonyl (C=O) groups is 2. The van der Waals surface area contributed by atoms with Crippen molar-refractivity contribution < 1.29 is 9.59 Å². The fourth-order valence-electron chi connectivity index (χ4n) is 4.44. The van der Waals surface area contributed by atoms with Crippen LogP contribution in [0.4, 0.5) is 4.79 Å². The number of fused-ring (bicyclic) bond motifs is 1. The Labute approximate surface area is 197 Å². The van der Waals surface area contributed by atoms with Gasteiger partial charge in [-0.25, -0.2) is 0 Å². The molecule has 0 aliphatic carbocycles. The van der Waals surface area contributed by atoms with Crippen LogP contribution in [-0.4, -0.2) is 58.7 Å². The molecule has 6 nitrogen and oxygen atoms in total. The molecule has 0 radical (unpaired) electrons. The highest BCUT2D eigenvalue weighted by molar-refractivity contribution is 8.18. The van der Waals surface area contributed by atoms with Gasteiger partial charge in [-0.15, -0.1) is 0 Å². The summed E-state index contributed by atoms with van der Waals surface area (Å²) in [6.07, 6.45) is 3.60. The molecule has 0 unspecified atom stereocenters. The van der Waals surface area contributed by atoms with Gasteiger partial charge < -0.3 is 4.90 Å². The summed E-state index contributed by atoms with van der Waals surface area (Å²) >= 11 is 0.933. The Kier molecular flexibility index (Phi) is 6.26. The maximum Gasteiger partial charge on any atom is 0.290 e. The average molecular weight is 459 g/mol. The van der Waals surface area contributed by atoms with E-state index in [1.165, 1.54) is 5.56 Å². The van der Waals surface area contributed by atoms with Crippen molar-refractivity contribution in [2.24, 2.45) is 0 Å². The smallest absolute Gasteiger partial charge is 0.290 e. The van der Waals surface area contributed by atoms with E-state index in [4.69, 9.17) is 0 Å². The normalized spacial score (nSPS) is 18.9. The fraction of sp³-hybridized carbons (Fsp3) is 0.269. The van der Waals surface area contributed by atoms with Gasteiger partial charge in [-0.1, -0.05) is 31.2 Å². The van der Waals surface area contributed by atoms with Gasteiger partial charge in [0.2, 0.25) is 0 Å². The van der Waals surface area contributed by atoms with E-state index in [2.05, 4.69) is 51.3 Å². The van der Waals surface area contributed by atoms with Crippen molar-refractivity contribution in [2.45, 2.75) is 13.5 Å². The topological polar surface area (TPSA) is 65.5 Å². The second-order valence-corrected chi connectivity index (χ2v) is 9.41. The number of amides is 2. The molecule has 0 atom stereocenters. The number of benzene rings is 2. The predicted molar refractivity (Wildman–Crippen MR) is 134 cm³/mol. The third kappa shape index (κ3) is 4.85. The summed E-state index contributed by atoms with van der Waals surface area (Å²) in [4.78, 5) is 33.4. The van der Waals surface area contributed by atoms with Crippen LogP contribution in [0.5, 0.6) is 0 Å². The molecule has 1 aromatic heterocycles. The van der Waals surface area contributed by atoms with Crippen molar-refractivity contribution in [1.29, 1.82) is 0 Å². The number of imide groups is 1. The number of aromatic nitrogens is 1. The standard InChI is InChI=1S/C26H26N4O2S/c1-2-29-10-12-30(13-11-29)17-19-4-3-5-20(14-19)21-8-9-27-23-7-6-18(15-22(21)23)16-24-25(31)28-26(32)33-24/h3-9,14-16H,2,10-13,17H2,1H3,(H,28,31,32). The number of hydrogen-bond donors (Lipinski definition) is 1. The molecule has 0 saturated carbocycles. The molecule has 2 amide bonds. The van der Waals surface area contributed by atoms with Gasteiger partial charge >= 0.3 is 0 Å². The van der Waals surface area contributed by atoms with E-state index in [1.54, 1.807) is 6.08 Å². The van der Waals surface area contributed by atoms with Crippen LogP contribution in [0.2, 0.25) is 0 Å². The molecule has 2 aliphatic heterocycles. The summed E-state index contributed by atoms with van der Waals surface area (Å²) in [6.45, 7) is 8.76. The van der Waals surface area contributed by atoms with E-state index in [-0.39, 0.29) is 11.1 Å². The largest absolute Gasteiger partial charge is 0.301 e. The number of nitrogens with zero attached hydrogens (tertiary/aromatic N) is 3. The lowest BCUT2D eigenvalue weighted by molar-refractivity contribution is -0.115. The van der Waals surface area contributed by atoms with Gasteiger partial charge in [-0.2, -0.15) is 0 Å². The molecule has 5 rings (SSSR count). The first-order chi connectivity index (χ1) is 16.1. The summed E-state index contributed by atoms with van der Waals surface area (Å²) < 4.78 is 0. The van der Waals surface area contributed by atoms with Crippen LogP contribution < -0.4 is 5.32 Å². The Morgan fingerprint density at radius 2 is 1.85 bits per heavy atom. The quantitative estimate of drug-likeness (QED) is 0.573. The average Bonchev–Trinajstić information content (AvgIpc) is 3.15. The molecule has 0 bridgehead atoms. The molecule has 2 aromatic carbocycles. The maximum atomic E-state index is 11.9. The molecule has 2 fully saturated rings. The van der Waals surface area contributed by atoms with Crippen molar-refractivity contribution in [3.05, 3.63) is 70.8 Å². The zero-order chi connectivity index (χ0) is 22.8. The van der Waals surface area contributed by atoms with Gasteiger partial charge in [0.05, 0.1) is 10.4 Å². The van der Waals surface area contributed by atoms with E-state index in [0.29, 0.717) is 4.91 Å². The summed E-state index contributed by atoms with van der Waals surface area (Å²) in [7, 11) is 0. The lowest BCUT2D eigenvalue weighted by Crippen LogP contribution is -2.45. The number of hydrogen-bond acceptors (Lipinski definition) is 6. The summed E-state index contributed by atoms with van der Waals surface area (Å²) in [5.41, 5.74) is 5.33. The van der Waals surface area contributed by atoms with Gasteiger partial charge in [0.1, 0.15) is 0 Å². The molecular weight excluding hydrogens is 432 g/mol. The first kappa shape index (κ1) is 21.8. The minimum Gasteiger partial charge on any atom is -0.301 e. The molecule has 3 aromatic rings. The van der Waals surface area contributed by atoms with E-state index in [0.717, 1.165) is 78.6 Å². The highest BCUT2D eigenvalue weighted by Gasteiger charge is 2.25. The number of thioether (sulfide) groups is 1. The molecule has 168 valence electrons. The first-order valence-corrected chi connectivity index (χ1v) is 12.1. The van der Waals surface area contributed by atoms with Gasteiger partial charge in [0, 0.05) is 44.3 Å². The predicted octanol–water partition coefficient (Wildman–Crippen LogP) is 4.36. The van der Waals surface area contributed by atoms with Crippen LogP contribution in [-0.2, 0) is 11.3 Å². The summed E-state index contributed by atoms with van der Waals surface area (Å²) in [5, 5.41) is 3.00. The second kappa shape index (κ2) is 9.47. The van der Waals surface area contributed by atoms with E-state index in [1.807, 2.05) is 30.5 Å². The number of pyridine rings is 1. The zero-order valence-corrected chi connectivity index (χ0v) is 19.4. The molecule has 3 heterocycles. The van der Waals surface area contributed by atoms with E-state index < -0.39 is 0 Å². The second-order valence-electron chi connectivity index (χ2n) is 8.40. The number of rotatable bonds is 5. The van der Waals surface area contributed by atoms with Crippen molar-refractivity contribution in [1.82, 2.24) is 20.1 Å². The maximum absolute atomic E-state index is 11.9. The monoisotopic (exact) mass is 458 g/mol. The highest BCUT2D eigenvalue weighted by Crippen LogP contribution is 2.31. The zero-order valence-electron chi connectivity index (χ0n) is 18.6. The minimum absolute atomic E-state index is 0.331. The lowest BCUT2D eigenvalue weighted by Gasteiger charge is -2.34. The summed E-state index contributed by atoms with van der Waals surface area (Å²) in [6, 6.07) is 16.7. The van der Waals surface area contributed by atoms with E-state index >= 15 is 0 Å². The summed E-state index contributed by atoms with van der Waals surface area (Å²) in [5.74, 6) is -0.344. The first-order valence-electron chi connectivity index (χ1n) is 11.3. The number of carbonyl (C=O) groups excluding carboxylic acids is 2. The molecular formula is C26H26N4O2S. The van der Waals surface area contributed by atoms with Crippen molar-refractivity contribution in [3.8, 4) is 11.1 Å². The molecule has 7 heteroatoms.